The second-order valence-electron chi connectivity index (χ2n) is 6.24. The first-order chi connectivity index (χ1) is 9.78. The van der Waals surface area contributed by atoms with Crippen molar-refractivity contribution in [1.82, 2.24) is 14.8 Å². The Kier molecular flexibility index (Phi) is 6.87. The van der Waals surface area contributed by atoms with E-state index in [-0.39, 0.29) is 6.09 Å². The van der Waals surface area contributed by atoms with Crippen molar-refractivity contribution in [2.45, 2.75) is 26.4 Å². The molecule has 0 saturated carbocycles. The van der Waals surface area contributed by atoms with Gasteiger partial charge in [-0.25, -0.2) is 9.80 Å². The van der Waals surface area contributed by atoms with E-state index in [1.165, 1.54) is 4.90 Å². The van der Waals surface area contributed by atoms with Crippen molar-refractivity contribution in [3.63, 3.8) is 0 Å². The van der Waals surface area contributed by atoms with Gasteiger partial charge in [0.05, 0.1) is 0 Å². The summed E-state index contributed by atoms with van der Waals surface area (Å²) in [7, 11) is 2.12. The summed E-state index contributed by atoms with van der Waals surface area (Å²) in [6.07, 6.45) is 7.04. The molecule has 6 nitrogen and oxygen atoms in total. The van der Waals surface area contributed by atoms with Gasteiger partial charge >= 0.3 is 6.09 Å². The highest BCUT2D eigenvalue weighted by atomic mass is 16.6. The van der Waals surface area contributed by atoms with E-state index in [2.05, 4.69) is 11.9 Å². The largest absolute Gasteiger partial charge is 0.443 e. The zero-order valence-electron chi connectivity index (χ0n) is 13.6. The molecule has 0 aliphatic carbocycles. The lowest BCUT2D eigenvalue weighted by Gasteiger charge is -2.28. The highest BCUT2D eigenvalue weighted by Gasteiger charge is 2.20. The molecule has 1 amide bonds. The molecule has 2 N–H and O–H groups in total. The Morgan fingerprint density at radius 3 is 2.19 bits per heavy atom. The SMILES string of the molecule is CC(C)(C)OC(=O)N1C=CC=CC1.CN1CCN(N)CC1. The predicted octanol–water partition coefficient (Wildman–Crippen LogP) is 1.41. The van der Waals surface area contributed by atoms with E-state index in [0.717, 1.165) is 26.2 Å². The van der Waals surface area contributed by atoms with Gasteiger partial charge in [-0.1, -0.05) is 12.2 Å². The number of likely N-dealkylation sites (N-methyl/N-ethyl adjacent to an activating group) is 1. The number of carbonyl (C=O) groups excluding carboxylic acids is 1. The van der Waals surface area contributed by atoms with Gasteiger partial charge in [0.25, 0.3) is 0 Å². The van der Waals surface area contributed by atoms with Crippen molar-refractivity contribution in [2.24, 2.45) is 5.84 Å². The van der Waals surface area contributed by atoms with E-state index in [4.69, 9.17) is 10.6 Å². The fraction of sp³-hybridized carbons (Fsp3) is 0.667. The summed E-state index contributed by atoms with van der Waals surface area (Å²) >= 11 is 0. The average molecular weight is 296 g/mol. The minimum Gasteiger partial charge on any atom is -0.443 e. The van der Waals surface area contributed by atoms with Gasteiger partial charge in [-0.15, -0.1) is 0 Å². The molecular weight excluding hydrogens is 268 g/mol. The van der Waals surface area contributed by atoms with E-state index in [1.807, 2.05) is 44.0 Å². The van der Waals surface area contributed by atoms with E-state index >= 15 is 0 Å². The fourth-order valence-corrected chi connectivity index (χ4v) is 1.75. The Morgan fingerprint density at radius 1 is 1.14 bits per heavy atom. The number of hydrogen-bond acceptors (Lipinski definition) is 5. The van der Waals surface area contributed by atoms with Crippen molar-refractivity contribution in [1.29, 1.82) is 0 Å². The molecule has 2 heterocycles. The lowest BCUT2D eigenvalue weighted by molar-refractivity contribution is 0.0350. The number of hydrogen-bond donors (Lipinski definition) is 1. The van der Waals surface area contributed by atoms with Gasteiger partial charge in [-0.05, 0) is 33.9 Å². The minimum absolute atomic E-state index is 0.298. The van der Waals surface area contributed by atoms with Gasteiger partial charge < -0.3 is 9.64 Å². The molecule has 120 valence electrons. The van der Waals surface area contributed by atoms with Crippen LogP contribution in [-0.4, -0.2) is 66.3 Å². The van der Waals surface area contributed by atoms with Crippen LogP contribution in [0.15, 0.2) is 24.4 Å². The monoisotopic (exact) mass is 296 g/mol. The molecule has 0 aromatic heterocycles. The average Bonchev–Trinajstić information content (AvgIpc) is 2.42. The van der Waals surface area contributed by atoms with Crippen molar-refractivity contribution in [3.8, 4) is 0 Å². The second-order valence-corrected chi connectivity index (χ2v) is 6.24. The summed E-state index contributed by atoms with van der Waals surface area (Å²) in [5.41, 5.74) is -0.425. The molecule has 1 saturated heterocycles. The summed E-state index contributed by atoms with van der Waals surface area (Å²) in [5.74, 6) is 5.50. The van der Waals surface area contributed by atoms with Crippen LogP contribution in [0, 0.1) is 0 Å². The maximum atomic E-state index is 11.4. The Morgan fingerprint density at radius 2 is 1.76 bits per heavy atom. The number of nitrogens with zero attached hydrogens (tertiary/aromatic N) is 3. The van der Waals surface area contributed by atoms with Crippen LogP contribution in [0.25, 0.3) is 0 Å². The summed E-state index contributed by atoms with van der Waals surface area (Å²) in [5, 5.41) is 1.86. The van der Waals surface area contributed by atoms with Gasteiger partial charge in [0, 0.05) is 38.9 Å². The van der Waals surface area contributed by atoms with Crippen LogP contribution in [0.5, 0.6) is 0 Å². The smallest absolute Gasteiger partial charge is 0.414 e. The van der Waals surface area contributed by atoms with Crippen molar-refractivity contribution >= 4 is 6.09 Å². The first kappa shape index (κ1) is 17.7. The quantitative estimate of drug-likeness (QED) is 0.685. The predicted molar refractivity (Wildman–Crippen MR) is 84.5 cm³/mol. The van der Waals surface area contributed by atoms with Crippen LogP contribution in [0.3, 0.4) is 0 Å². The Bertz CT molecular complexity index is 370. The molecular formula is C15H28N4O2. The highest BCUT2D eigenvalue weighted by Crippen LogP contribution is 2.11. The Labute approximate surface area is 127 Å². The van der Waals surface area contributed by atoms with Crippen molar-refractivity contribution < 1.29 is 9.53 Å². The number of ether oxygens (including phenoxy) is 1. The third-order valence-electron chi connectivity index (χ3n) is 2.98. The first-order valence-corrected chi connectivity index (χ1v) is 7.29. The summed E-state index contributed by atoms with van der Waals surface area (Å²) in [6, 6.07) is 0. The number of rotatable bonds is 0. The number of carbonyl (C=O) groups is 1. The van der Waals surface area contributed by atoms with Gasteiger partial charge in [0.15, 0.2) is 0 Å². The molecule has 0 aromatic rings. The Hall–Kier alpha value is -1.37. The Balaban J connectivity index is 0.000000235. The maximum Gasteiger partial charge on any atom is 0.414 e. The molecule has 1 fully saturated rings. The highest BCUT2D eigenvalue weighted by molar-refractivity contribution is 5.70. The number of piperazine rings is 1. The minimum atomic E-state index is -0.425. The third kappa shape index (κ3) is 7.84. The summed E-state index contributed by atoms with van der Waals surface area (Å²) in [6.45, 7) is 10.4. The lowest BCUT2D eigenvalue weighted by atomic mass is 10.2. The lowest BCUT2D eigenvalue weighted by Crippen LogP contribution is -2.47. The summed E-state index contributed by atoms with van der Waals surface area (Å²) < 4.78 is 5.18. The van der Waals surface area contributed by atoms with E-state index < -0.39 is 5.60 Å². The summed E-state index contributed by atoms with van der Waals surface area (Å²) in [4.78, 5) is 15.2. The fourth-order valence-electron chi connectivity index (χ4n) is 1.75. The molecule has 2 aliphatic rings. The molecule has 0 bridgehead atoms. The van der Waals surface area contributed by atoms with Gasteiger partial charge in [-0.2, -0.15) is 0 Å². The van der Waals surface area contributed by atoms with Crippen LogP contribution >= 0.6 is 0 Å². The molecule has 2 rings (SSSR count). The molecule has 2 aliphatic heterocycles. The molecule has 0 unspecified atom stereocenters. The van der Waals surface area contributed by atoms with Gasteiger partial charge in [0.2, 0.25) is 0 Å². The number of amides is 1. The first-order valence-electron chi connectivity index (χ1n) is 7.29. The van der Waals surface area contributed by atoms with E-state index in [9.17, 15) is 4.79 Å². The topological polar surface area (TPSA) is 62.0 Å². The van der Waals surface area contributed by atoms with Crippen LogP contribution in [-0.2, 0) is 4.74 Å². The molecule has 0 aromatic carbocycles. The van der Waals surface area contributed by atoms with Crippen LogP contribution in [0.2, 0.25) is 0 Å². The molecule has 6 heteroatoms. The number of nitrogens with two attached hydrogens (primary N) is 1. The normalized spacial score (nSPS) is 20.0. The van der Waals surface area contributed by atoms with E-state index in [0.29, 0.717) is 6.54 Å². The number of allylic oxidation sites excluding steroid dienone is 2. The van der Waals surface area contributed by atoms with Crippen LogP contribution in [0.1, 0.15) is 20.8 Å². The van der Waals surface area contributed by atoms with E-state index in [1.54, 1.807) is 6.20 Å². The van der Waals surface area contributed by atoms with Gasteiger partial charge in [-0.3, -0.25) is 10.7 Å². The third-order valence-corrected chi connectivity index (χ3v) is 2.98. The molecule has 21 heavy (non-hydrogen) atoms. The molecule has 0 spiro atoms. The van der Waals surface area contributed by atoms with Crippen molar-refractivity contribution in [3.05, 3.63) is 24.4 Å². The second kappa shape index (κ2) is 8.17. The zero-order valence-corrected chi connectivity index (χ0v) is 13.6. The van der Waals surface area contributed by atoms with Crippen molar-refractivity contribution in [2.75, 3.05) is 39.8 Å². The number of hydrazine groups is 1. The zero-order chi connectivity index (χ0) is 15.9. The molecule has 0 radical (unpaired) electrons. The molecule has 0 atom stereocenters. The maximum absolute atomic E-state index is 11.4. The van der Waals surface area contributed by atoms with Crippen LogP contribution in [0.4, 0.5) is 4.79 Å². The van der Waals surface area contributed by atoms with Crippen LogP contribution < -0.4 is 5.84 Å². The van der Waals surface area contributed by atoms with Gasteiger partial charge in [0.1, 0.15) is 5.60 Å². The standard InChI is InChI=1S/C10H15NO2.C5H13N3/c1-10(2,3)13-9(12)11-7-5-4-6-8-11;1-7-2-4-8(6)5-3-7/h4-7H,8H2,1-3H3;2-6H2,1H3.